The SMILES string of the molecule is CN1C(=O)CCc2cc(C(=O)c3ccc(Cl)o3)ccc21. The van der Waals surface area contributed by atoms with Gasteiger partial charge in [0.25, 0.3) is 0 Å². The Kier molecular flexibility index (Phi) is 3.10. The molecule has 0 atom stereocenters. The van der Waals surface area contributed by atoms with Crippen LogP contribution >= 0.6 is 11.6 Å². The molecule has 2 aromatic rings. The number of amides is 1. The number of halogens is 1. The summed E-state index contributed by atoms with van der Waals surface area (Å²) in [6, 6.07) is 8.41. The van der Waals surface area contributed by atoms with Crippen LogP contribution in [0.25, 0.3) is 0 Å². The number of anilines is 1. The van der Waals surface area contributed by atoms with E-state index in [-0.39, 0.29) is 22.7 Å². The Bertz CT molecular complexity index is 705. The molecule has 4 nitrogen and oxygen atoms in total. The molecule has 0 N–H and O–H groups in total. The lowest BCUT2D eigenvalue weighted by molar-refractivity contribution is -0.118. The third kappa shape index (κ3) is 2.12. The third-order valence-corrected chi connectivity index (χ3v) is 3.69. The molecular formula is C15H12ClNO3. The van der Waals surface area contributed by atoms with Gasteiger partial charge < -0.3 is 9.32 Å². The standard InChI is InChI=1S/C15H12ClNO3/c1-17-11-4-2-10(8-9(11)3-7-14(17)18)15(19)12-5-6-13(16)20-12/h2,4-6,8H,3,7H2,1H3. The fourth-order valence-corrected chi connectivity index (χ4v) is 2.52. The van der Waals surface area contributed by atoms with E-state index in [9.17, 15) is 9.59 Å². The quantitative estimate of drug-likeness (QED) is 0.798. The van der Waals surface area contributed by atoms with Crippen molar-refractivity contribution in [1.82, 2.24) is 0 Å². The molecule has 0 radical (unpaired) electrons. The fraction of sp³-hybridized carbons (Fsp3) is 0.200. The predicted molar refractivity (Wildman–Crippen MR) is 75.3 cm³/mol. The number of carbonyl (C=O) groups is 2. The zero-order valence-electron chi connectivity index (χ0n) is 10.9. The largest absolute Gasteiger partial charge is 0.441 e. The van der Waals surface area contributed by atoms with E-state index in [1.54, 1.807) is 36.2 Å². The van der Waals surface area contributed by atoms with Crippen LogP contribution in [0.15, 0.2) is 34.7 Å². The molecule has 0 fully saturated rings. The number of ketones is 1. The lowest BCUT2D eigenvalue weighted by Crippen LogP contribution is -2.31. The van der Waals surface area contributed by atoms with E-state index in [1.807, 2.05) is 6.07 Å². The average molecular weight is 290 g/mol. The Morgan fingerprint density at radius 1 is 1.25 bits per heavy atom. The molecular weight excluding hydrogens is 278 g/mol. The highest BCUT2D eigenvalue weighted by atomic mass is 35.5. The highest BCUT2D eigenvalue weighted by molar-refractivity contribution is 6.29. The molecule has 1 aliphatic rings. The van der Waals surface area contributed by atoms with E-state index < -0.39 is 0 Å². The Labute approximate surface area is 120 Å². The van der Waals surface area contributed by atoms with Crippen LogP contribution in [0.2, 0.25) is 5.22 Å². The molecule has 0 aliphatic carbocycles. The minimum Gasteiger partial charge on any atom is -0.441 e. The van der Waals surface area contributed by atoms with Crippen molar-refractivity contribution in [1.29, 1.82) is 0 Å². The van der Waals surface area contributed by atoms with Gasteiger partial charge in [0, 0.05) is 24.7 Å². The van der Waals surface area contributed by atoms with Gasteiger partial charge >= 0.3 is 0 Å². The maximum atomic E-state index is 12.3. The van der Waals surface area contributed by atoms with E-state index in [4.69, 9.17) is 16.0 Å². The van der Waals surface area contributed by atoms with Gasteiger partial charge in [0.1, 0.15) is 0 Å². The zero-order chi connectivity index (χ0) is 14.3. The van der Waals surface area contributed by atoms with Crippen LogP contribution in [-0.2, 0) is 11.2 Å². The van der Waals surface area contributed by atoms with Gasteiger partial charge in [-0.05, 0) is 53.9 Å². The van der Waals surface area contributed by atoms with Crippen LogP contribution in [-0.4, -0.2) is 18.7 Å². The molecule has 0 saturated carbocycles. The minimum absolute atomic E-state index is 0.0920. The van der Waals surface area contributed by atoms with E-state index in [0.29, 0.717) is 18.4 Å². The molecule has 0 unspecified atom stereocenters. The Morgan fingerprint density at radius 3 is 2.75 bits per heavy atom. The molecule has 0 spiro atoms. The number of furan rings is 1. The van der Waals surface area contributed by atoms with Crippen molar-refractivity contribution in [3.63, 3.8) is 0 Å². The normalized spacial score (nSPS) is 14.3. The summed E-state index contributed by atoms with van der Waals surface area (Å²) >= 11 is 5.68. The Hall–Kier alpha value is -2.07. The first-order valence-electron chi connectivity index (χ1n) is 6.26. The smallest absolute Gasteiger partial charge is 0.228 e. The Morgan fingerprint density at radius 2 is 2.05 bits per heavy atom. The van der Waals surface area contributed by atoms with Crippen LogP contribution < -0.4 is 4.90 Å². The summed E-state index contributed by atoms with van der Waals surface area (Å²) in [5.74, 6) is 0.101. The van der Waals surface area contributed by atoms with Gasteiger partial charge in [-0.25, -0.2) is 0 Å². The van der Waals surface area contributed by atoms with E-state index in [1.165, 1.54) is 0 Å². The van der Waals surface area contributed by atoms with Gasteiger partial charge in [-0.15, -0.1) is 0 Å². The number of aryl methyl sites for hydroxylation is 1. The molecule has 5 heteroatoms. The maximum absolute atomic E-state index is 12.3. The van der Waals surface area contributed by atoms with Crippen molar-refractivity contribution in [2.24, 2.45) is 0 Å². The summed E-state index contributed by atoms with van der Waals surface area (Å²) < 4.78 is 5.13. The monoisotopic (exact) mass is 289 g/mol. The first kappa shape index (κ1) is 12.9. The van der Waals surface area contributed by atoms with Gasteiger partial charge in [0.15, 0.2) is 11.0 Å². The summed E-state index contributed by atoms with van der Waals surface area (Å²) in [6.45, 7) is 0. The van der Waals surface area contributed by atoms with Gasteiger partial charge in [-0.3, -0.25) is 9.59 Å². The van der Waals surface area contributed by atoms with Crippen molar-refractivity contribution >= 4 is 29.0 Å². The number of hydrogen-bond acceptors (Lipinski definition) is 3. The average Bonchev–Trinajstić information content (AvgIpc) is 2.88. The Balaban J connectivity index is 1.97. The number of nitrogens with zero attached hydrogens (tertiary/aromatic N) is 1. The molecule has 0 bridgehead atoms. The number of hydrogen-bond donors (Lipinski definition) is 0. The molecule has 1 aromatic carbocycles. The molecule has 1 aromatic heterocycles. The number of rotatable bonds is 2. The number of benzene rings is 1. The number of fused-ring (bicyclic) bond motifs is 1. The summed E-state index contributed by atoms with van der Waals surface area (Å²) in [5, 5.41) is 0.191. The fourth-order valence-electron chi connectivity index (χ4n) is 2.38. The molecule has 2 heterocycles. The molecule has 3 rings (SSSR count). The van der Waals surface area contributed by atoms with E-state index >= 15 is 0 Å². The highest BCUT2D eigenvalue weighted by Crippen LogP contribution is 2.28. The van der Waals surface area contributed by atoms with Crippen molar-refractivity contribution in [3.8, 4) is 0 Å². The van der Waals surface area contributed by atoms with Crippen LogP contribution in [0.5, 0.6) is 0 Å². The van der Waals surface area contributed by atoms with E-state index in [2.05, 4.69) is 0 Å². The summed E-state index contributed by atoms with van der Waals surface area (Å²) in [6.07, 6.45) is 1.12. The minimum atomic E-state index is -0.209. The third-order valence-electron chi connectivity index (χ3n) is 3.48. The number of carbonyl (C=O) groups excluding carboxylic acids is 2. The topological polar surface area (TPSA) is 50.5 Å². The van der Waals surface area contributed by atoms with Crippen LogP contribution in [0, 0.1) is 0 Å². The highest BCUT2D eigenvalue weighted by Gasteiger charge is 2.22. The van der Waals surface area contributed by atoms with Crippen LogP contribution in [0.4, 0.5) is 5.69 Å². The summed E-state index contributed by atoms with van der Waals surface area (Å²) in [5.41, 5.74) is 2.39. The van der Waals surface area contributed by atoms with Gasteiger partial charge in [-0.2, -0.15) is 0 Å². The molecule has 1 aliphatic heterocycles. The second kappa shape index (κ2) is 4.80. The lowest BCUT2D eigenvalue weighted by Gasteiger charge is -2.25. The molecule has 0 saturated heterocycles. The van der Waals surface area contributed by atoms with E-state index in [0.717, 1.165) is 11.3 Å². The zero-order valence-corrected chi connectivity index (χ0v) is 11.6. The van der Waals surface area contributed by atoms with Gasteiger partial charge in [-0.1, -0.05) is 0 Å². The van der Waals surface area contributed by atoms with Crippen molar-refractivity contribution in [2.45, 2.75) is 12.8 Å². The van der Waals surface area contributed by atoms with Crippen molar-refractivity contribution < 1.29 is 14.0 Å². The summed E-state index contributed by atoms with van der Waals surface area (Å²) in [4.78, 5) is 25.5. The van der Waals surface area contributed by atoms with Gasteiger partial charge in [0.2, 0.25) is 11.7 Å². The molecule has 20 heavy (non-hydrogen) atoms. The first-order chi connectivity index (χ1) is 9.56. The van der Waals surface area contributed by atoms with Crippen LogP contribution in [0.1, 0.15) is 28.1 Å². The first-order valence-corrected chi connectivity index (χ1v) is 6.63. The molecule has 1 amide bonds. The summed E-state index contributed by atoms with van der Waals surface area (Å²) in [7, 11) is 1.74. The van der Waals surface area contributed by atoms with Crippen molar-refractivity contribution in [3.05, 3.63) is 52.4 Å². The maximum Gasteiger partial charge on any atom is 0.228 e. The second-order valence-corrected chi connectivity index (χ2v) is 5.10. The van der Waals surface area contributed by atoms with Crippen LogP contribution in [0.3, 0.4) is 0 Å². The van der Waals surface area contributed by atoms with Gasteiger partial charge in [0.05, 0.1) is 0 Å². The lowest BCUT2D eigenvalue weighted by atomic mass is 9.97. The second-order valence-electron chi connectivity index (χ2n) is 4.73. The molecule has 102 valence electrons. The van der Waals surface area contributed by atoms with Crippen molar-refractivity contribution in [2.75, 3.05) is 11.9 Å². The predicted octanol–water partition coefficient (Wildman–Crippen LogP) is 3.07.